The Hall–Kier alpha value is -0.0800. The lowest BCUT2D eigenvalue weighted by molar-refractivity contribution is 0.211. The summed E-state index contributed by atoms with van der Waals surface area (Å²) in [6.45, 7) is 2.53. The number of nitrogens with one attached hydrogen (secondary N) is 2. The van der Waals surface area contributed by atoms with Crippen LogP contribution in [0.1, 0.15) is 44.9 Å². The highest BCUT2D eigenvalue weighted by molar-refractivity contribution is 5.06. The molecule has 1 aliphatic heterocycles. The molecule has 0 amide bonds. The van der Waals surface area contributed by atoms with Crippen LogP contribution in [0.3, 0.4) is 0 Å². The number of rotatable bonds is 3. The molecule has 2 aliphatic carbocycles. The van der Waals surface area contributed by atoms with E-state index in [2.05, 4.69) is 10.6 Å². The summed E-state index contributed by atoms with van der Waals surface area (Å²) in [7, 11) is 0. The van der Waals surface area contributed by atoms with Gasteiger partial charge >= 0.3 is 0 Å². The minimum absolute atomic E-state index is 0.501. The molecule has 2 saturated carbocycles. The monoisotopic (exact) mass is 194 g/mol. The standard InChI is InChI=1S/C12H22N2/c1-2-6-12(14-9-10-4-5-10)7-8-13-11(12)3-1/h10-11,13-14H,1-9H2. The van der Waals surface area contributed by atoms with E-state index in [4.69, 9.17) is 0 Å². The first kappa shape index (κ1) is 9.17. The van der Waals surface area contributed by atoms with E-state index in [0.717, 1.165) is 12.0 Å². The van der Waals surface area contributed by atoms with Crippen LogP contribution in [0, 0.1) is 5.92 Å². The molecule has 0 aromatic heterocycles. The number of fused-ring (bicyclic) bond motifs is 1. The van der Waals surface area contributed by atoms with E-state index in [1.165, 1.54) is 58.0 Å². The maximum atomic E-state index is 3.90. The SMILES string of the molecule is C1CCC2(NCC3CC3)CCNC2C1. The first-order valence-corrected chi connectivity index (χ1v) is 6.37. The van der Waals surface area contributed by atoms with Gasteiger partial charge in [-0.25, -0.2) is 0 Å². The Kier molecular flexibility index (Phi) is 2.29. The molecule has 0 bridgehead atoms. The van der Waals surface area contributed by atoms with Crippen molar-refractivity contribution >= 4 is 0 Å². The second-order valence-electron chi connectivity index (χ2n) is 5.48. The van der Waals surface area contributed by atoms with Gasteiger partial charge < -0.3 is 10.6 Å². The Morgan fingerprint density at radius 1 is 1.14 bits per heavy atom. The molecule has 0 spiro atoms. The lowest BCUT2D eigenvalue weighted by Gasteiger charge is -2.40. The lowest BCUT2D eigenvalue weighted by Crippen LogP contribution is -2.56. The van der Waals surface area contributed by atoms with Gasteiger partial charge in [-0.05, 0) is 51.1 Å². The van der Waals surface area contributed by atoms with Crippen molar-refractivity contribution in [1.82, 2.24) is 10.6 Å². The predicted molar refractivity (Wildman–Crippen MR) is 58.3 cm³/mol. The zero-order valence-electron chi connectivity index (χ0n) is 9.02. The fourth-order valence-corrected chi connectivity index (χ4v) is 3.28. The van der Waals surface area contributed by atoms with Crippen LogP contribution in [0.2, 0.25) is 0 Å². The Labute approximate surface area is 86.8 Å². The van der Waals surface area contributed by atoms with E-state index in [0.29, 0.717) is 5.54 Å². The van der Waals surface area contributed by atoms with E-state index >= 15 is 0 Å². The highest BCUT2D eigenvalue weighted by Gasteiger charge is 2.44. The summed E-state index contributed by atoms with van der Waals surface area (Å²) >= 11 is 0. The van der Waals surface area contributed by atoms with Crippen LogP contribution in [-0.4, -0.2) is 24.7 Å². The van der Waals surface area contributed by atoms with Crippen LogP contribution in [0.5, 0.6) is 0 Å². The molecule has 0 radical (unpaired) electrons. The van der Waals surface area contributed by atoms with Crippen LogP contribution < -0.4 is 10.6 Å². The molecule has 14 heavy (non-hydrogen) atoms. The molecule has 1 saturated heterocycles. The maximum Gasteiger partial charge on any atom is 0.0347 e. The van der Waals surface area contributed by atoms with Crippen LogP contribution >= 0.6 is 0 Å². The molecule has 0 aromatic rings. The summed E-state index contributed by atoms with van der Waals surface area (Å²) in [6.07, 6.45) is 10.0. The van der Waals surface area contributed by atoms with Crippen LogP contribution in [-0.2, 0) is 0 Å². The molecular formula is C12H22N2. The molecule has 2 N–H and O–H groups in total. The zero-order chi connectivity index (χ0) is 9.43. The van der Waals surface area contributed by atoms with E-state index in [9.17, 15) is 0 Å². The van der Waals surface area contributed by atoms with Crippen molar-refractivity contribution in [2.24, 2.45) is 5.92 Å². The molecule has 3 aliphatic rings. The average Bonchev–Trinajstić information content (AvgIpc) is 2.94. The topological polar surface area (TPSA) is 24.1 Å². The van der Waals surface area contributed by atoms with Gasteiger partial charge in [-0.2, -0.15) is 0 Å². The Morgan fingerprint density at radius 2 is 2.07 bits per heavy atom. The minimum Gasteiger partial charge on any atom is -0.312 e. The summed E-state index contributed by atoms with van der Waals surface area (Å²) in [6, 6.07) is 0.787. The largest absolute Gasteiger partial charge is 0.312 e. The summed E-state index contributed by atoms with van der Waals surface area (Å²) in [5.74, 6) is 1.02. The van der Waals surface area contributed by atoms with Crippen molar-refractivity contribution in [3.8, 4) is 0 Å². The van der Waals surface area contributed by atoms with E-state index in [1.54, 1.807) is 0 Å². The van der Waals surface area contributed by atoms with E-state index in [-0.39, 0.29) is 0 Å². The van der Waals surface area contributed by atoms with Gasteiger partial charge in [-0.3, -0.25) is 0 Å². The van der Waals surface area contributed by atoms with Crippen molar-refractivity contribution < 1.29 is 0 Å². The molecular weight excluding hydrogens is 172 g/mol. The Morgan fingerprint density at radius 3 is 2.93 bits per heavy atom. The van der Waals surface area contributed by atoms with Crippen molar-refractivity contribution in [3.63, 3.8) is 0 Å². The third kappa shape index (κ3) is 1.59. The van der Waals surface area contributed by atoms with Gasteiger partial charge in [0.15, 0.2) is 0 Å². The normalized spacial score (nSPS) is 42.4. The fraction of sp³-hybridized carbons (Fsp3) is 1.00. The third-order valence-electron chi connectivity index (χ3n) is 4.43. The second kappa shape index (κ2) is 3.49. The minimum atomic E-state index is 0.501. The Balaban J connectivity index is 1.64. The smallest absolute Gasteiger partial charge is 0.0347 e. The van der Waals surface area contributed by atoms with Gasteiger partial charge in [-0.15, -0.1) is 0 Å². The van der Waals surface area contributed by atoms with E-state index < -0.39 is 0 Å². The molecule has 80 valence electrons. The van der Waals surface area contributed by atoms with Gasteiger partial charge in [0.2, 0.25) is 0 Å². The van der Waals surface area contributed by atoms with Crippen molar-refractivity contribution in [2.75, 3.05) is 13.1 Å². The molecule has 3 rings (SSSR count). The molecule has 0 aromatic carbocycles. The lowest BCUT2D eigenvalue weighted by atomic mass is 9.78. The predicted octanol–water partition coefficient (Wildman–Crippen LogP) is 1.66. The Bertz CT molecular complexity index is 212. The first-order chi connectivity index (χ1) is 6.89. The summed E-state index contributed by atoms with van der Waals surface area (Å²) in [5.41, 5.74) is 0.501. The second-order valence-corrected chi connectivity index (χ2v) is 5.48. The van der Waals surface area contributed by atoms with Crippen LogP contribution in [0.4, 0.5) is 0 Å². The molecule has 1 heterocycles. The van der Waals surface area contributed by atoms with Crippen molar-refractivity contribution in [3.05, 3.63) is 0 Å². The van der Waals surface area contributed by atoms with E-state index in [1.807, 2.05) is 0 Å². The van der Waals surface area contributed by atoms with Crippen molar-refractivity contribution in [2.45, 2.75) is 56.5 Å². The summed E-state index contributed by atoms with van der Waals surface area (Å²) < 4.78 is 0. The summed E-state index contributed by atoms with van der Waals surface area (Å²) in [4.78, 5) is 0. The molecule has 2 heteroatoms. The first-order valence-electron chi connectivity index (χ1n) is 6.37. The van der Waals surface area contributed by atoms with Crippen molar-refractivity contribution in [1.29, 1.82) is 0 Å². The quantitative estimate of drug-likeness (QED) is 0.714. The molecule has 2 atom stereocenters. The molecule has 3 fully saturated rings. The van der Waals surface area contributed by atoms with Gasteiger partial charge in [0, 0.05) is 11.6 Å². The molecule has 2 unspecified atom stereocenters. The highest BCUT2D eigenvalue weighted by atomic mass is 15.1. The highest BCUT2D eigenvalue weighted by Crippen LogP contribution is 2.36. The average molecular weight is 194 g/mol. The van der Waals surface area contributed by atoms with Gasteiger partial charge in [0.1, 0.15) is 0 Å². The van der Waals surface area contributed by atoms with Gasteiger partial charge in [0.05, 0.1) is 0 Å². The van der Waals surface area contributed by atoms with Gasteiger partial charge in [-0.1, -0.05) is 12.8 Å². The number of hydrogen-bond donors (Lipinski definition) is 2. The van der Waals surface area contributed by atoms with Crippen LogP contribution in [0.25, 0.3) is 0 Å². The summed E-state index contributed by atoms with van der Waals surface area (Å²) in [5, 5.41) is 7.58. The number of hydrogen-bond acceptors (Lipinski definition) is 2. The maximum absolute atomic E-state index is 3.90. The third-order valence-corrected chi connectivity index (χ3v) is 4.43. The van der Waals surface area contributed by atoms with Crippen LogP contribution in [0.15, 0.2) is 0 Å². The molecule has 2 nitrogen and oxygen atoms in total. The zero-order valence-corrected chi connectivity index (χ0v) is 9.02. The van der Waals surface area contributed by atoms with Gasteiger partial charge in [0.25, 0.3) is 0 Å². The fourth-order valence-electron chi connectivity index (χ4n) is 3.28.